The van der Waals surface area contributed by atoms with Crippen LogP contribution in [0.1, 0.15) is 113 Å². The molecule has 0 N–H and O–H groups in total. The van der Waals surface area contributed by atoms with Crippen molar-refractivity contribution in [1.82, 2.24) is 0 Å². The largest absolute Gasteiger partial charge is 0.247 e. The molecule has 0 spiro atoms. The minimum absolute atomic E-state index is 0.223. The maximum Gasteiger partial charge on any atom is 0.106 e. The van der Waals surface area contributed by atoms with E-state index in [2.05, 4.69) is 27.7 Å². The quantitative estimate of drug-likeness (QED) is 0.427. The van der Waals surface area contributed by atoms with Gasteiger partial charge in [0.2, 0.25) is 0 Å². The molecular formula is C25H49F3. The average molecular weight is 407 g/mol. The molecule has 0 aromatic carbocycles. The van der Waals surface area contributed by atoms with Crippen molar-refractivity contribution in [2.75, 3.05) is 0 Å². The first-order valence-electron chi connectivity index (χ1n) is 12.0. The Hall–Kier alpha value is -0.210. The maximum atomic E-state index is 12.8. The number of alkyl halides is 3. The van der Waals surface area contributed by atoms with Crippen molar-refractivity contribution < 1.29 is 13.2 Å². The lowest BCUT2D eigenvalue weighted by Crippen LogP contribution is -2.32. The van der Waals surface area contributed by atoms with Crippen LogP contribution in [0, 0.1) is 29.6 Å². The number of hydrogen-bond donors (Lipinski definition) is 0. The first-order chi connectivity index (χ1) is 13.1. The summed E-state index contributed by atoms with van der Waals surface area (Å²) in [7, 11) is 0. The Morgan fingerprint density at radius 2 is 1.25 bits per heavy atom. The van der Waals surface area contributed by atoms with Gasteiger partial charge in [0, 0.05) is 5.92 Å². The van der Waals surface area contributed by atoms with Gasteiger partial charge in [-0.2, -0.15) is 0 Å². The predicted octanol–water partition coefficient (Wildman–Crippen LogP) is 9.12. The van der Waals surface area contributed by atoms with Gasteiger partial charge in [0.05, 0.1) is 0 Å². The fourth-order valence-electron chi connectivity index (χ4n) is 4.17. The van der Waals surface area contributed by atoms with Gasteiger partial charge >= 0.3 is 0 Å². The van der Waals surface area contributed by atoms with E-state index in [0.717, 1.165) is 18.8 Å². The highest BCUT2D eigenvalue weighted by atomic mass is 19.1. The molecule has 6 atom stereocenters. The zero-order chi connectivity index (χ0) is 21.7. The van der Waals surface area contributed by atoms with E-state index in [9.17, 15) is 13.2 Å². The van der Waals surface area contributed by atoms with E-state index >= 15 is 0 Å². The molecule has 2 fully saturated rings. The minimum Gasteiger partial charge on any atom is -0.247 e. The molecule has 0 aromatic heterocycles. The maximum absolute atomic E-state index is 12.8. The first kappa shape index (κ1) is 27.8. The van der Waals surface area contributed by atoms with Crippen molar-refractivity contribution in [2.45, 2.75) is 131 Å². The van der Waals surface area contributed by atoms with E-state index in [1.54, 1.807) is 6.92 Å². The van der Waals surface area contributed by atoms with Crippen molar-refractivity contribution in [3.63, 3.8) is 0 Å². The summed E-state index contributed by atoms with van der Waals surface area (Å²) in [5, 5.41) is 0. The molecule has 0 nitrogen and oxygen atoms in total. The van der Waals surface area contributed by atoms with Crippen LogP contribution in [0.4, 0.5) is 13.2 Å². The van der Waals surface area contributed by atoms with Gasteiger partial charge in [-0.15, -0.1) is 0 Å². The van der Waals surface area contributed by atoms with E-state index < -0.39 is 18.5 Å². The molecule has 0 saturated heterocycles. The lowest BCUT2D eigenvalue weighted by molar-refractivity contribution is 0.0603. The van der Waals surface area contributed by atoms with Crippen LogP contribution < -0.4 is 0 Å². The zero-order valence-corrected chi connectivity index (χ0v) is 19.8. The third kappa shape index (κ3) is 12.4. The zero-order valence-electron chi connectivity index (χ0n) is 19.8. The number of rotatable bonds is 5. The molecule has 2 rings (SSSR count). The van der Waals surface area contributed by atoms with Crippen LogP contribution >= 0.6 is 0 Å². The van der Waals surface area contributed by atoms with Crippen LogP contribution in [0.15, 0.2) is 0 Å². The fourth-order valence-corrected chi connectivity index (χ4v) is 4.17. The van der Waals surface area contributed by atoms with Gasteiger partial charge in [-0.05, 0) is 49.4 Å². The van der Waals surface area contributed by atoms with Crippen LogP contribution in [-0.2, 0) is 0 Å². The monoisotopic (exact) mass is 406 g/mol. The highest BCUT2D eigenvalue weighted by Crippen LogP contribution is 2.32. The first-order valence-corrected chi connectivity index (χ1v) is 12.0. The second-order valence-corrected chi connectivity index (χ2v) is 9.92. The van der Waals surface area contributed by atoms with Crippen molar-refractivity contribution in [3.05, 3.63) is 0 Å². The van der Waals surface area contributed by atoms with Gasteiger partial charge in [0.15, 0.2) is 0 Å². The van der Waals surface area contributed by atoms with Gasteiger partial charge in [0.25, 0.3) is 0 Å². The summed E-state index contributed by atoms with van der Waals surface area (Å²) in [5.41, 5.74) is 0. The Morgan fingerprint density at radius 3 is 1.68 bits per heavy atom. The summed E-state index contributed by atoms with van der Waals surface area (Å²) < 4.78 is 38.5. The molecule has 6 unspecified atom stereocenters. The molecule has 0 heterocycles. The Labute approximate surface area is 174 Å². The Morgan fingerprint density at radius 1 is 0.714 bits per heavy atom. The van der Waals surface area contributed by atoms with Crippen LogP contribution in [-0.4, -0.2) is 18.5 Å². The summed E-state index contributed by atoms with van der Waals surface area (Å²) >= 11 is 0. The highest BCUT2D eigenvalue weighted by molar-refractivity contribution is 4.82. The Balaban J connectivity index is 0.000000392. The third-order valence-electron chi connectivity index (χ3n) is 6.59. The molecule has 2 aliphatic carbocycles. The average Bonchev–Trinajstić information content (AvgIpc) is 2.62. The highest BCUT2D eigenvalue weighted by Gasteiger charge is 2.33. The molecule has 0 radical (unpaired) electrons. The Bertz CT molecular complexity index is 346. The van der Waals surface area contributed by atoms with Crippen LogP contribution in [0.2, 0.25) is 0 Å². The molecule has 0 bridgehead atoms. The van der Waals surface area contributed by atoms with E-state index in [1.807, 2.05) is 13.8 Å². The SMILES string of the molecule is CC1CC(F)C(C)C(F)C1.CC1CCC(C)C(F)C1.CCCCC(C)CCC. The molecule has 0 amide bonds. The van der Waals surface area contributed by atoms with Crippen molar-refractivity contribution >= 4 is 0 Å². The lowest BCUT2D eigenvalue weighted by atomic mass is 9.81. The summed E-state index contributed by atoms with van der Waals surface area (Å²) in [6.07, 6.45) is 8.81. The van der Waals surface area contributed by atoms with Crippen LogP contribution in [0.5, 0.6) is 0 Å². The van der Waals surface area contributed by atoms with E-state index in [1.165, 1.54) is 38.5 Å². The summed E-state index contributed by atoms with van der Waals surface area (Å²) in [6, 6.07) is 0. The van der Waals surface area contributed by atoms with Crippen LogP contribution in [0.3, 0.4) is 0 Å². The minimum atomic E-state index is -0.918. The van der Waals surface area contributed by atoms with Crippen molar-refractivity contribution in [3.8, 4) is 0 Å². The number of hydrogen-bond acceptors (Lipinski definition) is 0. The van der Waals surface area contributed by atoms with Crippen molar-refractivity contribution in [2.24, 2.45) is 29.6 Å². The fraction of sp³-hybridized carbons (Fsp3) is 1.00. The number of unbranched alkanes of at least 4 members (excludes halogenated alkanes) is 1. The molecule has 2 saturated carbocycles. The van der Waals surface area contributed by atoms with Crippen molar-refractivity contribution in [1.29, 1.82) is 0 Å². The normalized spacial score (nSPS) is 36.4. The van der Waals surface area contributed by atoms with E-state index in [-0.39, 0.29) is 11.8 Å². The van der Waals surface area contributed by atoms with Gasteiger partial charge < -0.3 is 0 Å². The topological polar surface area (TPSA) is 0 Å². The number of halogens is 3. The van der Waals surface area contributed by atoms with Gasteiger partial charge in [-0.25, -0.2) is 13.2 Å². The molecule has 0 aromatic rings. The second-order valence-electron chi connectivity index (χ2n) is 9.92. The lowest BCUT2D eigenvalue weighted by Gasteiger charge is -2.30. The van der Waals surface area contributed by atoms with Crippen LogP contribution in [0.25, 0.3) is 0 Å². The van der Waals surface area contributed by atoms with Gasteiger partial charge in [-0.3, -0.25) is 0 Å². The molecule has 3 heteroatoms. The molecule has 0 aliphatic heterocycles. The summed E-state index contributed by atoms with van der Waals surface area (Å²) in [5.74, 6) is 1.75. The molecule has 2 aliphatic rings. The van der Waals surface area contributed by atoms with E-state index in [4.69, 9.17) is 0 Å². The molecule has 170 valence electrons. The van der Waals surface area contributed by atoms with Gasteiger partial charge in [0.1, 0.15) is 18.5 Å². The Kier molecular flexibility index (Phi) is 15.5. The van der Waals surface area contributed by atoms with Gasteiger partial charge in [-0.1, -0.05) is 87.0 Å². The molecule has 28 heavy (non-hydrogen) atoms. The molecular weight excluding hydrogens is 357 g/mol. The predicted molar refractivity (Wildman–Crippen MR) is 118 cm³/mol. The summed E-state index contributed by atoms with van der Waals surface area (Å²) in [6.45, 7) is 14.6. The second kappa shape index (κ2) is 15.6. The van der Waals surface area contributed by atoms with E-state index in [0.29, 0.717) is 24.7 Å². The third-order valence-corrected chi connectivity index (χ3v) is 6.59. The smallest absolute Gasteiger partial charge is 0.106 e. The standard InChI is InChI=1S/C9H20.C8H14F2.C8H15F/c1-4-6-8-9(3)7-5-2;1-5-3-7(9)6(2)8(10)4-5;1-6-3-4-7(2)8(9)5-6/h9H,4-8H2,1-3H3;5-8H,3-4H2,1-2H3;6-8H,3-5H2,1-2H3. The summed E-state index contributed by atoms with van der Waals surface area (Å²) in [4.78, 5) is 0.